The number of hydrogen-bond acceptors (Lipinski definition) is 2. The van der Waals surface area contributed by atoms with Crippen molar-refractivity contribution in [2.45, 2.75) is 20.3 Å². The molecule has 0 unspecified atom stereocenters. The van der Waals surface area contributed by atoms with Gasteiger partial charge in [-0.25, -0.2) is 0 Å². The zero-order valence-corrected chi connectivity index (χ0v) is 6.63. The lowest BCUT2D eigenvalue weighted by Crippen LogP contribution is -2.01. The second-order valence-corrected chi connectivity index (χ2v) is 2.40. The van der Waals surface area contributed by atoms with E-state index in [1.807, 2.05) is 11.6 Å². The summed E-state index contributed by atoms with van der Waals surface area (Å²) in [6.07, 6.45) is 2.75. The van der Waals surface area contributed by atoms with Crippen LogP contribution in [0.4, 0.5) is 0 Å². The van der Waals surface area contributed by atoms with E-state index >= 15 is 0 Å². The molecule has 3 nitrogen and oxygen atoms in total. The molecular formula is C7H12N3. The van der Waals surface area contributed by atoms with Gasteiger partial charge < -0.3 is 4.57 Å². The Bertz CT molecular complexity index is 204. The van der Waals surface area contributed by atoms with Gasteiger partial charge in [-0.15, -0.1) is 10.2 Å². The first kappa shape index (κ1) is 7.25. The minimum Gasteiger partial charge on any atom is -0.320 e. The smallest absolute Gasteiger partial charge is 0.139 e. The van der Waals surface area contributed by atoms with Gasteiger partial charge in [-0.05, 0) is 6.42 Å². The number of hydrogen-bond donors (Lipinski definition) is 0. The summed E-state index contributed by atoms with van der Waals surface area (Å²) in [7, 11) is 1.95. The average Bonchev–Trinajstić information content (AvgIpc) is 2.34. The van der Waals surface area contributed by atoms with Crippen molar-refractivity contribution in [3.63, 3.8) is 0 Å². The van der Waals surface area contributed by atoms with E-state index in [-0.39, 0.29) is 0 Å². The van der Waals surface area contributed by atoms with Gasteiger partial charge >= 0.3 is 0 Å². The van der Waals surface area contributed by atoms with E-state index in [0.717, 1.165) is 12.2 Å². The normalized spacial score (nSPS) is 10.8. The molecule has 10 heavy (non-hydrogen) atoms. The van der Waals surface area contributed by atoms with Crippen molar-refractivity contribution in [1.29, 1.82) is 0 Å². The first-order valence-electron chi connectivity index (χ1n) is 3.42. The highest BCUT2D eigenvalue weighted by Crippen LogP contribution is 2.12. The summed E-state index contributed by atoms with van der Waals surface area (Å²) in [5.41, 5.74) is 0. The van der Waals surface area contributed by atoms with Crippen molar-refractivity contribution >= 4 is 0 Å². The molecule has 0 fully saturated rings. The van der Waals surface area contributed by atoms with E-state index in [4.69, 9.17) is 0 Å². The summed E-state index contributed by atoms with van der Waals surface area (Å²) in [5.74, 6) is 2.27. The fraction of sp³-hybridized carbons (Fsp3) is 0.571. The minimum absolute atomic E-state index is 0.988. The van der Waals surface area contributed by atoms with E-state index in [1.54, 1.807) is 6.33 Å². The van der Waals surface area contributed by atoms with Crippen molar-refractivity contribution in [2.24, 2.45) is 7.05 Å². The third-order valence-electron chi connectivity index (χ3n) is 1.62. The van der Waals surface area contributed by atoms with Gasteiger partial charge in [0.2, 0.25) is 0 Å². The maximum Gasteiger partial charge on any atom is 0.139 e. The van der Waals surface area contributed by atoms with Gasteiger partial charge in [0, 0.05) is 13.0 Å². The van der Waals surface area contributed by atoms with Gasteiger partial charge in [0.05, 0.1) is 0 Å². The third kappa shape index (κ3) is 1.17. The maximum atomic E-state index is 3.96. The SMILES string of the molecule is CC[C](C)c1nncn1C. The maximum absolute atomic E-state index is 3.96. The highest BCUT2D eigenvalue weighted by Gasteiger charge is 2.08. The molecule has 1 radical (unpaired) electrons. The molecule has 0 aromatic carbocycles. The Morgan fingerprint density at radius 1 is 1.70 bits per heavy atom. The van der Waals surface area contributed by atoms with Crippen molar-refractivity contribution < 1.29 is 0 Å². The van der Waals surface area contributed by atoms with Crippen molar-refractivity contribution in [3.05, 3.63) is 18.1 Å². The van der Waals surface area contributed by atoms with Crippen LogP contribution in [0.25, 0.3) is 0 Å². The van der Waals surface area contributed by atoms with Gasteiger partial charge in [0.1, 0.15) is 12.2 Å². The van der Waals surface area contributed by atoms with Gasteiger partial charge in [0.25, 0.3) is 0 Å². The van der Waals surface area contributed by atoms with Crippen LogP contribution in [0.3, 0.4) is 0 Å². The van der Waals surface area contributed by atoms with E-state index < -0.39 is 0 Å². The number of nitrogens with zero attached hydrogens (tertiary/aromatic N) is 3. The molecule has 0 spiro atoms. The van der Waals surface area contributed by atoms with Crippen LogP contribution in [-0.4, -0.2) is 14.8 Å². The first-order valence-corrected chi connectivity index (χ1v) is 3.42. The lowest BCUT2D eigenvalue weighted by atomic mass is 10.1. The van der Waals surface area contributed by atoms with Crippen LogP contribution in [0.5, 0.6) is 0 Å². The van der Waals surface area contributed by atoms with Crippen LogP contribution in [0.1, 0.15) is 26.1 Å². The Labute approximate surface area is 61.1 Å². The van der Waals surface area contributed by atoms with E-state index in [9.17, 15) is 0 Å². The molecule has 3 heteroatoms. The van der Waals surface area contributed by atoms with Crippen LogP contribution in [0.2, 0.25) is 0 Å². The first-order chi connectivity index (χ1) is 4.75. The van der Waals surface area contributed by atoms with Crippen LogP contribution in [-0.2, 0) is 7.05 Å². The van der Waals surface area contributed by atoms with Crippen LogP contribution in [0, 0.1) is 5.92 Å². The molecule has 0 aliphatic carbocycles. The highest BCUT2D eigenvalue weighted by atomic mass is 15.2. The highest BCUT2D eigenvalue weighted by molar-refractivity contribution is 5.10. The Balaban J connectivity index is 2.82. The van der Waals surface area contributed by atoms with Crippen molar-refractivity contribution in [1.82, 2.24) is 14.8 Å². The lowest BCUT2D eigenvalue weighted by Gasteiger charge is -2.04. The minimum atomic E-state index is 0.988. The molecule has 1 rings (SSSR count). The summed E-state index contributed by atoms with van der Waals surface area (Å²) in [6, 6.07) is 0. The predicted octanol–water partition coefficient (Wildman–Crippen LogP) is 1.17. The molecule has 0 atom stereocenters. The number of rotatable bonds is 2. The van der Waals surface area contributed by atoms with Crippen LogP contribution in [0.15, 0.2) is 6.33 Å². The standard InChI is InChI=1S/C7H12N3/c1-4-6(2)7-9-8-5-10(7)3/h5H,4H2,1-3H3. The third-order valence-corrected chi connectivity index (χ3v) is 1.62. The summed E-state index contributed by atoms with van der Waals surface area (Å²) < 4.78 is 1.93. The molecule has 0 aliphatic heterocycles. The zero-order valence-electron chi connectivity index (χ0n) is 6.63. The van der Waals surface area contributed by atoms with Crippen LogP contribution >= 0.6 is 0 Å². The molecule has 0 N–H and O–H groups in total. The van der Waals surface area contributed by atoms with Crippen molar-refractivity contribution in [2.75, 3.05) is 0 Å². The van der Waals surface area contributed by atoms with Crippen molar-refractivity contribution in [3.8, 4) is 0 Å². The molecule has 0 aliphatic rings. The van der Waals surface area contributed by atoms with E-state index in [2.05, 4.69) is 24.0 Å². The Kier molecular flexibility index (Phi) is 2.04. The molecule has 0 bridgehead atoms. The lowest BCUT2D eigenvalue weighted by molar-refractivity contribution is 0.787. The van der Waals surface area contributed by atoms with Crippen LogP contribution < -0.4 is 0 Å². The fourth-order valence-electron chi connectivity index (χ4n) is 0.828. The molecule has 1 aromatic heterocycles. The number of aryl methyl sites for hydroxylation is 1. The summed E-state index contributed by atoms with van der Waals surface area (Å²) >= 11 is 0. The number of aromatic nitrogens is 3. The predicted molar refractivity (Wildman–Crippen MR) is 39.3 cm³/mol. The molecule has 0 amide bonds. The quantitative estimate of drug-likeness (QED) is 0.614. The van der Waals surface area contributed by atoms with E-state index in [1.165, 1.54) is 5.92 Å². The largest absolute Gasteiger partial charge is 0.320 e. The Morgan fingerprint density at radius 2 is 2.40 bits per heavy atom. The van der Waals surface area contributed by atoms with Gasteiger partial charge in [-0.2, -0.15) is 0 Å². The van der Waals surface area contributed by atoms with Gasteiger partial charge in [-0.1, -0.05) is 13.8 Å². The molecule has 55 valence electrons. The van der Waals surface area contributed by atoms with Gasteiger partial charge in [-0.3, -0.25) is 0 Å². The molecular weight excluding hydrogens is 126 g/mol. The molecule has 0 saturated carbocycles. The second-order valence-electron chi connectivity index (χ2n) is 2.40. The fourth-order valence-corrected chi connectivity index (χ4v) is 0.828. The summed E-state index contributed by atoms with van der Waals surface area (Å²) in [4.78, 5) is 0. The molecule has 1 heterocycles. The monoisotopic (exact) mass is 138 g/mol. The summed E-state index contributed by atoms with van der Waals surface area (Å²) in [5, 5.41) is 7.75. The second kappa shape index (κ2) is 2.82. The Morgan fingerprint density at radius 3 is 2.80 bits per heavy atom. The Hall–Kier alpha value is -0.860. The van der Waals surface area contributed by atoms with E-state index in [0.29, 0.717) is 0 Å². The average molecular weight is 138 g/mol. The molecule has 1 aromatic rings. The summed E-state index contributed by atoms with van der Waals surface area (Å²) in [6.45, 7) is 4.19. The van der Waals surface area contributed by atoms with Gasteiger partial charge in [0.15, 0.2) is 0 Å². The topological polar surface area (TPSA) is 30.7 Å². The molecule has 0 saturated heterocycles. The zero-order chi connectivity index (χ0) is 7.56.